The van der Waals surface area contributed by atoms with Gasteiger partial charge in [-0.1, -0.05) is 24.3 Å². The van der Waals surface area contributed by atoms with Crippen LogP contribution >= 0.6 is 0 Å². The number of aryl methyl sites for hydroxylation is 5. The first kappa shape index (κ1) is 12.8. The number of hydrogen-bond acceptors (Lipinski definition) is 0. The van der Waals surface area contributed by atoms with E-state index in [0.29, 0.717) is 0 Å². The first-order valence-electron chi connectivity index (χ1n) is 6.37. The summed E-state index contributed by atoms with van der Waals surface area (Å²) in [4.78, 5) is 0. The molecule has 0 aliphatic carbocycles. The molecular weight excluding hydrogens is 223 g/mol. The van der Waals surface area contributed by atoms with Gasteiger partial charge in [0.25, 0.3) is 0 Å². The molecule has 2 aromatic rings. The van der Waals surface area contributed by atoms with Gasteiger partial charge in [0.05, 0.1) is 0 Å². The highest BCUT2D eigenvalue weighted by atomic mass is 19.1. The van der Waals surface area contributed by atoms with E-state index in [1.54, 1.807) is 12.1 Å². The third-order valence-electron chi connectivity index (χ3n) is 3.56. The van der Waals surface area contributed by atoms with Crippen molar-refractivity contribution in [1.29, 1.82) is 0 Å². The van der Waals surface area contributed by atoms with Crippen LogP contribution in [0.1, 0.15) is 27.8 Å². The molecule has 0 saturated carbocycles. The maximum Gasteiger partial charge on any atom is 0.123 e. The highest BCUT2D eigenvalue weighted by Crippen LogP contribution is 2.15. The van der Waals surface area contributed by atoms with E-state index in [0.717, 1.165) is 18.4 Å². The first-order valence-corrected chi connectivity index (χ1v) is 6.37. The van der Waals surface area contributed by atoms with E-state index in [4.69, 9.17) is 0 Å². The standard InChI is InChI=1S/C17H19F/c1-12-4-5-15(10-13(12)2)6-7-16-8-9-17(18)11-14(16)3/h4-5,8-11H,6-7H2,1-3H3. The Morgan fingerprint density at radius 3 is 2.22 bits per heavy atom. The summed E-state index contributed by atoms with van der Waals surface area (Å²) in [5.74, 6) is -0.151. The number of benzene rings is 2. The molecular formula is C17H19F. The summed E-state index contributed by atoms with van der Waals surface area (Å²) in [5, 5.41) is 0. The van der Waals surface area contributed by atoms with Crippen molar-refractivity contribution < 1.29 is 4.39 Å². The lowest BCUT2D eigenvalue weighted by Crippen LogP contribution is -1.96. The van der Waals surface area contributed by atoms with Gasteiger partial charge in [0.1, 0.15) is 5.82 Å². The van der Waals surface area contributed by atoms with Gasteiger partial charge in [-0.15, -0.1) is 0 Å². The monoisotopic (exact) mass is 242 g/mol. The SMILES string of the molecule is Cc1ccc(CCc2ccc(F)cc2C)cc1C. The molecule has 2 aromatic carbocycles. The van der Waals surface area contributed by atoms with Gasteiger partial charge in [0.2, 0.25) is 0 Å². The molecule has 94 valence electrons. The lowest BCUT2D eigenvalue weighted by Gasteiger charge is -2.08. The predicted octanol–water partition coefficient (Wildman–Crippen LogP) is 4.54. The Morgan fingerprint density at radius 1 is 0.778 bits per heavy atom. The fourth-order valence-electron chi connectivity index (χ4n) is 2.18. The third-order valence-corrected chi connectivity index (χ3v) is 3.56. The highest BCUT2D eigenvalue weighted by Gasteiger charge is 2.02. The predicted molar refractivity (Wildman–Crippen MR) is 74.5 cm³/mol. The summed E-state index contributed by atoms with van der Waals surface area (Å²) in [7, 11) is 0. The molecule has 18 heavy (non-hydrogen) atoms. The molecule has 2 rings (SSSR count). The van der Waals surface area contributed by atoms with Crippen LogP contribution in [0.2, 0.25) is 0 Å². The minimum absolute atomic E-state index is 0.151. The zero-order valence-corrected chi connectivity index (χ0v) is 11.3. The average Bonchev–Trinajstić information content (AvgIpc) is 2.32. The minimum atomic E-state index is -0.151. The molecule has 0 aromatic heterocycles. The molecule has 0 amide bonds. The van der Waals surface area contributed by atoms with E-state index in [-0.39, 0.29) is 5.82 Å². The van der Waals surface area contributed by atoms with Gasteiger partial charge in [-0.2, -0.15) is 0 Å². The van der Waals surface area contributed by atoms with Crippen LogP contribution in [0.25, 0.3) is 0 Å². The molecule has 0 unspecified atom stereocenters. The van der Waals surface area contributed by atoms with Crippen molar-refractivity contribution in [3.63, 3.8) is 0 Å². The molecule has 0 heterocycles. The van der Waals surface area contributed by atoms with E-state index < -0.39 is 0 Å². The Morgan fingerprint density at radius 2 is 1.56 bits per heavy atom. The number of rotatable bonds is 3. The normalized spacial score (nSPS) is 10.7. The van der Waals surface area contributed by atoms with Crippen molar-refractivity contribution in [2.24, 2.45) is 0 Å². The van der Waals surface area contributed by atoms with Gasteiger partial charge in [-0.05, 0) is 73.6 Å². The summed E-state index contributed by atoms with van der Waals surface area (Å²) in [6, 6.07) is 11.6. The van der Waals surface area contributed by atoms with Crippen molar-refractivity contribution in [3.05, 3.63) is 70.0 Å². The van der Waals surface area contributed by atoms with Crippen LogP contribution in [0.4, 0.5) is 4.39 Å². The smallest absolute Gasteiger partial charge is 0.123 e. The van der Waals surface area contributed by atoms with Crippen LogP contribution < -0.4 is 0 Å². The molecule has 0 spiro atoms. The second-order valence-corrected chi connectivity index (χ2v) is 4.99. The van der Waals surface area contributed by atoms with Crippen molar-refractivity contribution in [3.8, 4) is 0 Å². The van der Waals surface area contributed by atoms with Crippen LogP contribution in [0.15, 0.2) is 36.4 Å². The molecule has 0 atom stereocenters. The number of halogens is 1. The molecule has 0 fully saturated rings. The Labute approximate surface area is 108 Å². The minimum Gasteiger partial charge on any atom is -0.207 e. The average molecular weight is 242 g/mol. The lowest BCUT2D eigenvalue weighted by atomic mass is 9.98. The summed E-state index contributed by atoms with van der Waals surface area (Å²) in [6.45, 7) is 6.24. The Bertz CT molecular complexity index is 556. The Balaban J connectivity index is 2.09. The molecule has 0 nitrogen and oxygen atoms in total. The highest BCUT2D eigenvalue weighted by molar-refractivity contribution is 5.32. The van der Waals surface area contributed by atoms with Gasteiger partial charge < -0.3 is 0 Å². The summed E-state index contributed by atoms with van der Waals surface area (Å²) in [6.07, 6.45) is 1.97. The topological polar surface area (TPSA) is 0 Å². The maximum atomic E-state index is 13.0. The van der Waals surface area contributed by atoms with Crippen molar-refractivity contribution in [1.82, 2.24) is 0 Å². The van der Waals surface area contributed by atoms with Gasteiger partial charge in [-0.3, -0.25) is 0 Å². The van der Waals surface area contributed by atoms with Gasteiger partial charge in [0, 0.05) is 0 Å². The van der Waals surface area contributed by atoms with E-state index in [2.05, 4.69) is 32.0 Å². The van der Waals surface area contributed by atoms with E-state index in [9.17, 15) is 4.39 Å². The summed E-state index contributed by atoms with van der Waals surface area (Å²) < 4.78 is 13.0. The van der Waals surface area contributed by atoms with Crippen molar-refractivity contribution in [2.45, 2.75) is 33.6 Å². The second-order valence-electron chi connectivity index (χ2n) is 4.99. The summed E-state index contributed by atoms with van der Waals surface area (Å²) in [5.41, 5.74) is 6.29. The van der Waals surface area contributed by atoms with Crippen LogP contribution in [-0.2, 0) is 12.8 Å². The van der Waals surface area contributed by atoms with E-state index in [1.165, 1.54) is 22.3 Å². The molecule has 0 bridgehead atoms. The Kier molecular flexibility index (Phi) is 3.81. The number of hydrogen-bond donors (Lipinski definition) is 0. The third kappa shape index (κ3) is 2.98. The molecule has 0 N–H and O–H groups in total. The molecule has 0 aliphatic heterocycles. The molecule has 1 heteroatoms. The molecule has 0 saturated heterocycles. The molecule has 0 radical (unpaired) electrons. The Hall–Kier alpha value is -1.63. The van der Waals surface area contributed by atoms with Gasteiger partial charge in [0.15, 0.2) is 0 Å². The fraction of sp³-hybridized carbons (Fsp3) is 0.294. The van der Waals surface area contributed by atoms with Crippen LogP contribution in [0, 0.1) is 26.6 Å². The van der Waals surface area contributed by atoms with Crippen LogP contribution in [0.3, 0.4) is 0 Å². The van der Waals surface area contributed by atoms with E-state index in [1.807, 2.05) is 13.0 Å². The zero-order chi connectivity index (χ0) is 13.1. The fourth-order valence-corrected chi connectivity index (χ4v) is 2.18. The molecule has 0 aliphatic rings. The zero-order valence-electron chi connectivity index (χ0n) is 11.3. The van der Waals surface area contributed by atoms with Crippen LogP contribution in [0.5, 0.6) is 0 Å². The van der Waals surface area contributed by atoms with Crippen molar-refractivity contribution in [2.75, 3.05) is 0 Å². The van der Waals surface area contributed by atoms with Crippen molar-refractivity contribution >= 4 is 0 Å². The quantitative estimate of drug-likeness (QED) is 0.741. The summed E-state index contributed by atoms with van der Waals surface area (Å²) >= 11 is 0. The largest absolute Gasteiger partial charge is 0.207 e. The van der Waals surface area contributed by atoms with Crippen LogP contribution in [-0.4, -0.2) is 0 Å². The van der Waals surface area contributed by atoms with Gasteiger partial charge >= 0.3 is 0 Å². The first-order chi connectivity index (χ1) is 8.56. The van der Waals surface area contributed by atoms with E-state index >= 15 is 0 Å². The lowest BCUT2D eigenvalue weighted by molar-refractivity contribution is 0.625. The van der Waals surface area contributed by atoms with Gasteiger partial charge in [-0.25, -0.2) is 4.39 Å². The maximum absolute atomic E-state index is 13.0. The second kappa shape index (κ2) is 5.34.